The number of amides is 1. The summed E-state index contributed by atoms with van der Waals surface area (Å²) in [6, 6.07) is 8.34. The Balaban J connectivity index is 2.12. The molecule has 2 aromatic rings. The topological polar surface area (TPSA) is 69.6 Å². The Labute approximate surface area is 140 Å². The van der Waals surface area contributed by atoms with Crippen LogP contribution in [0.3, 0.4) is 0 Å². The fourth-order valence-electron chi connectivity index (χ4n) is 2.16. The molecule has 0 fully saturated rings. The molecule has 1 amide bonds. The van der Waals surface area contributed by atoms with Crippen molar-refractivity contribution < 1.29 is 14.3 Å². The predicted molar refractivity (Wildman–Crippen MR) is 93.6 cm³/mol. The summed E-state index contributed by atoms with van der Waals surface area (Å²) >= 11 is 0. The number of ether oxygens (including phenoxy) is 2. The number of nitrogens with one attached hydrogen (secondary N) is 1. The van der Waals surface area contributed by atoms with Crippen molar-refractivity contribution in [3.63, 3.8) is 0 Å². The third-order valence-corrected chi connectivity index (χ3v) is 3.45. The highest BCUT2D eigenvalue weighted by atomic mass is 16.5. The van der Waals surface area contributed by atoms with Gasteiger partial charge in [-0.25, -0.2) is 0 Å². The van der Waals surface area contributed by atoms with Crippen LogP contribution in [0.25, 0.3) is 6.08 Å². The number of rotatable bonds is 6. The summed E-state index contributed by atoms with van der Waals surface area (Å²) in [7, 11) is 3.13. The highest BCUT2D eigenvalue weighted by Crippen LogP contribution is 2.25. The van der Waals surface area contributed by atoms with Gasteiger partial charge in [0.05, 0.1) is 19.9 Å². The Kier molecular flexibility index (Phi) is 5.78. The quantitative estimate of drug-likeness (QED) is 0.827. The molecule has 0 atom stereocenters. The zero-order valence-corrected chi connectivity index (χ0v) is 13.9. The molecule has 0 radical (unpaired) electrons. The molecule has 2 rings (SSSR count). The van der Waals surface area contributed by atoms with Crippen LogP contribution in [0.4, 0.5) is 5.69 Å². The second-order valence-corrected chi connectivity index (χ2v) is 4.97. The van der Waals surface area contributed by atoms with Gasteiger partial charge in [0.1, 0.15) is 11.5 Å². The zero-order chi connectivity index (χ0) is 17.5. The van der Waals surface area contributed by atoms with Crippen LogP contribution in [-0.2, 0) is 11.3 Å². The summed E-state index contributed by atoms with van der Waals surface area (Å²) < 4.78 is 11.9. The molecule has 0 unspecified atom stereocenters. The molecule has 126 valence electrons. The first-order chi connectivity index (χ1) is 11.6. The molecule has 6 heteroatoms. The van der Waals surface area contributed by atoms with E-state index in [0.29, 0.717) is 23.7 Å². The lowest BCUT2D eigenvalue weighted by Gasteiger charge is -2.08. The number of benzene rings is 1. The van der Waals surface area contributed by atoms with E-state index >= 15 is 0 Å². The van der Waals surface area contributed by atoms with Gasteiger partial charge in [-0.1, -0.05) is 0 Å². The van der Waals surface area contributed by atoms with Crippen molar-refractivity contribution in [2.75, 3.05) is 19.5 Å². The summed E-state index contributed by atoms with van der Waals surface area (Å²) in [5.41, 5.74) is 1.22. The van der Waals surface area contributed by atoms with Gasteiger partial charge in [0.15, 0.2) is 0 Å². The largest absolute Gasteiger partial charge is 0.497 e. The van der Waals surface area contributed by atoms with E-state index in [9.17, 15) is 9.59 Å². The maximum atomic E-state index is 12.0. The van der Waals surface area contributed by atoms with Crippen molar-refractivity contribution in [1.29, 1.82) is 0 Å². The molecule has 0 spiro atoms. The standard InChI is InChI=1S/C18H20N2O4/c1-4-20-12-14(7-10-18(20)22)19-17(21)9-6-13-5-8-15(23-2)11-16(13)24-3/h5-12H,4H2,1-3H3,(H,19,21)/b9-6+. The maximum absolute atomic E-state index is 12.0. The van der Waals surface area contributed by atoms with E-state index in [0.717, 1.165) is 5.56 Å². The smallest absolute Gasteiger partial charge is 0.250 e. The van der Waals surface area contributed by atoms with Gasteiger partial charge >= 0.3 is 0 Å². The van der Waals surface area contributed by atoms with E-state index in [2.05, 4.69) is 5.32 Å². The third-order valence-electron chi connectivity index (χ3n) is 3.45. The SMILES string of the molecule is CCn1cc(NC(=O)/C=C/c2ccc(OC)cc2OC)ccc1=O. The van der Waals surface area contributed by atoms with Crippen molar-refractivity contribution in [2.45, 2.75) is 13.5 Å². The van der Waals surface area contributed by atoms with Crippen LogP contribution < -0.4 is 20.3 Å². The first-order valence-electron chi connectivity index (χ1n) is 7.49. The van der Waals surface area contributed by atoms with Crippen molar-refractivity contribution in [2.24, 2.45) is 0 Å². The number of carbonyl (C=O) groups excluding carboxylic acids is 1. The number of nitrogens with zero attached hydrogens (tertiary/aromatic N) is 1. The average Bonchev–Trinajstić information content (AvgIpc) is 2.61. The molecule has 1 heterocycles. The molecule has 0 aliphatic heterocycles. The number of aryl methyl sites for hydroxylation is 1. The summed E-state index contributed by atoms with van der Waals surface area (Å²) in [4.78, 5) is 23.6. The lowest BCUT2D eigenvalue weighted by atomic mass is 10.1. The Morgan fingerprint density at radius 2 is 2.00 bits per heavy atom. The highest BCUT2D eigenvalue weighted by molar-refractivity contribution is 6.02. The van der Waals surface area contributed by atoms with Crippen molar-refractivity contribution >= 4 is 17.7 Å². The number of methoxy groups -OCH3 is 2. The Hall–Kier alpha value is -3.02. The van der Waals surface area contributed by atoms with Gasteiger partial charge in [0.2, 0.25) is 5.91 Å². The molecule has 6 nitrogen and oxygen atoms in total. The van der Waals surface area contributed by atoms with Gasteiger partial charge < -0.3 is 19.4 Å². The van der Waals surface area contributed by atoms with Crippen LogP contribution in [-0.4, -0.2) is 24.7 Å². The highest BCUT2D eigenvalue weighted by Gasteiger charge is 2.04. The minimum atomic E-state index is -0.297. The minimum Gasteiger partial charge on any atom is -0.497 e. The van der Waals surface area contributed by atoms with E-state index in [1.54, 1.807) is 50.8 Å². The summed E-state index contributed by atoms with van der Waals surface area (Å²) in [6.07, 6.45) is 4.68. The van der Waals surface area contributed by atoms with Crippen LogP contribution in [0.5, 0.6) is 11.5 Å². The molecular formula is C18H20N2O4. The monoisotopic (exact) mass is 328 g/mol. The van der Waals surface area contributed by atoms with E-state index in [1.165, 1.54) is 16.7 Å². The third kappa shape index (κ3) is 4.25. The number of aromatic nitrogens is 1. The number of pyridine rings is 1. The predicted octanol–water partition coefficient (Wildman–Crippen LogP) is 2.54. The van der Waals surface area contributed by atoms with Crippen molar-refractivity contribution in [1.82, 2.24) is 4.57 Å². The van der Waals surface area contributed by atoms with Crippen LogP contribution in [0, 0.1) is 0 Å². The molecule has 24 heavy (non-hydrogen) atoms. The Morgan fingerprint density at radius 1 is 1.21 bits per heavy atom. The molecule has 0 aliphatic rings. The van der Waals surface area contributed by atoms with E-state index in [1.807, 2.05) is 6.92 Å². The molecule has 1 aromatic carbocycles. The van der Waals surface area contributed by atoms with Crippen LogP contribution in [0.2, 0.25) is 0 Å². The van der Waals surface area contributed by atoms with Crippen molar-refractivity contribution in [3.8, 4) is 11.5 Å². The normalized spacial score (nSPS) is 10.6. The lowest BCUT2D eigenvalue weighted by Crippen LogP contribution is -2.19. The van der Waals surface area contributed by atoms with E-state index in [4.69, 9.17) is 9.47 Å². The van der Waals surface area contributed by atoms with Gasteiger partial charge in [0, 0.05) is 36.5 Å². The first-order valence-corrected chi connectivity index (χ1v) is 7.49. The van der Waals surface area contributed by atoms with Gasteiger partial charge in [-0.3, -0.25) is 9.59 Å². The maximum Gasteiger partial charge on any atom is 0.250 e. The molecule has 0 aliphatic carbocycles. The number of hydrogen-bond donors (Lipinski definition) is 1. The van der Waals surface area contributed by atoms with Gasteiger partial charge in [0.25, 0.3) is 5.56 Å². The molecule has 0 saturated heterocycles. The average molecular weight is 328 g/mol. The second kappa shape index (κ2) is 8.01. The lowest BCUT2D eigenvalue weighted by molar-refractivity contribution is -0.111. The molecule has 0 saturated carbocycles. The second-order valence-electron chi connectivity index (χ2n) is 4.97. The van der Waals surface area contributed by atoms with Gasteiger partial charge in [-0.15, -0.1) is 0 Å². The minimum absolute atomic E-state index is 0.103. The first kappa shape index (κ1) is 17.3. The number of anilines is 1. The molecule has 1 N–H and O–H groups in total. The van der Waals surface area contributed by atoms with Crippen LogP contribution in [0.1, 0.15) is 12.5 Å². The van der Waals surface area contributed by atoms with Crippen molar-refractivity contribution in [3.05, 3.63) is 58.5 Å². The molecule has 1 aromatic heterocycles. The molecular weight excluding hydrogens is 308 g/mol. The fourth-order valence-corrected chi connectivity index (χ4v) is 2.16. The fraction of sp³-hybridized carbons (Fsp3) is 0.222. The van der Waals surface area contributed by atoms with Crippen LogP contribution >= 0.6 is 0 Å². The van der Waals surface area contributed by atoms with Crippen LogP contribution in [0.15, 0.2) is 47.4 Å². The zero-order valence-electron chi connectivity index (χ0n) is 13.9. The van der Waals surface area contributed by atoms with Gasteiger partial charge in [-0.05, 0) is 31.2 Å². The Bertz CT molecular complexity index is 809. The van der Waals surface area contributed by atoms with E-state index < -0.39 is 0 Å². The van der Waals surface area contributed by atoms with Gasteiger partial charge in [-0.2, -0.15) is 0 Å². The van der Waals surface area contributed by atoms with E-state index in [-0.39, 0.29) is 11.5 Å². The summed E-state index contributed by atoms with van der Waals surface area (Å²) in [6.45, 7) is 2.41. The summed E-state index contributed by atoms with van der Waals surface area (Å²) in [5.74, 6) is 0.988. The number of hydrogen-bond acceptors (Lipinski definition) is 4. The molecule has 0 bridgehead atoms. The Morgan fingerprint density at radius 3 is 2.67 bits per heavy atom. The summed E-state index contributed by atoms with van der Waals surface area (Å²) in [5, 5.41) is 2.72. The number of carbonyl (C=O) groups is 1.